The van der Waals surface area contributed by atoms with Crippen LogP contribution >= 0.6 is 11.6 Å². The van der Waals surface area contributed by atoms with Crippen LogP contribution in [-0.2, 0) is 9.47 Å². The molecule has 94 valence electrons. The smallest absolute Gasteiger partial charge is 0.169 e. The third-order valence-corrected chi connectivity index (χ3v) is 4.03. The minimum absolute atomic E-state index is 0.340. The maximum Gasteiger partial charge on any atom is 0.169 e. The van der Waals surface area contributed by atoms with Crippen molar-refractivity contribution in [1.29, 1.82) is 0 Å². The summed E-state index contributed by atoms with van der Waals surface area (Å²) in [5, 5.41) is 0.485. The lowest BCUT2D eigenvalue weighted by Gasteiger charge is -2.42. The van der Waals surface area contributed by atoms with Gasteiger partial charge in [0.05, 0.1) is 19.4 Å². The van der Waals surface area contributed by atoms with Crippen LogP contribution in [0.1, 0.15) is 24.6 Å². The summed E-state index contributed by atoms with van der Waals surface area (Å²) in [7, 11) is 0. The topological polar surface area (TPSA) is 48.7 Å². The maximum absolute atomic E-state index is 6.04. The van der Waals surface area contributed by atoms with Gasteiger partial charge in [-0.1, -0.05) is 11.6 Å². The molecule has 0 atom stereocenters. The molecule has 0 amide bonds. The molecule has 1 saturated carbocycles. The molecule has 0 N–H and O–H groups in total. The normalized spacial score (nSPS) is 22.7. The number of hydrogen-bond acceptors (Lipinski definition) is 4. The Hall–Kier alpha value is -1.17. The van der Waals surface area contributed by atoms with E-state index >= 15 is 0 Å². The van der Waals surface area contributed by atoms with Crippen molar-refractivity contribution in [2.24, 2.45) is 0 Å². The van der Waals surface area contributed by atoms with Crippen LogP contribution in [0.2, 0.25) is 5.15 Å². The van der Waals surface area contributed by atoms with Crippen molar-refractivity contribution in [2.75, 3.05) is 13.2 Å². The standard InChI is InChI=1S/C12H12ClN3O2/c13-10-9-7-15-11(16(9)2-1-14-10)8-5-12(6-8)17-3-4-18-12/h1-2,7-8H,3-6H2. The Balaban J connectivity index is 1.67. The van der Waals surface area contributed by atoms with E-state index in [0.29, 0.717) is 24.3 Å². The van der Waals surface area contributed by atoms with Gasteiger partial charge in [0, 0.05) is 31.2 Å². The molecule has 0 radical (unpaired) electrons. The Bertz CT molecular complexity index is 598. The van der Waals surface area contributed by atoms with Crippen molar-refractivity contribution in [3.05, 3.63) is 29.6 Å². The molecule has 1 aliphatic carbocycles. The highest BCUT2D eigenvalue weighted by Gasteiger charge is 2.50. The fraction of sp³-hybridized carbons (Fsp3) is 0.500. The third kappa shape index (κ3) is 1.41. The minimum Gasteiger partial charge on any atom is -0.347 e. The first-order chi connectivity index (χ1) is 8.77. The van der Waals surface area contributed by atoms with Crippen LogP contribution in [0.5, 0.6) is 0 Å². The quantitative estimate of drug-likeness (QED) is 0.791. The zero-order chi connectivity index (χ0) is 12.2. The molecule has 1 saturated heterocycles. The molecule has 2 aromatic heterocycles. The van der Waals surface area contributed by atoms with Gasteiger partial charge in [0.1, 0.15) is 11.3 Å². The van der Waals surface area contributed by atoms with Crippen LogP contribution < -0.4 is 0 Å². The summed E-state index contributed by atoms with van der Waals surface area (Å²) >= 11 is 6.04. The van der Waals surface area contributed by atoms with E-state index in [1.165, 1.54) is 0 Å². The predicted octanol–water partition coefficient (Wildman–Crippen LogP) is 2.00. The highest BCUT2D eigenvalue weighted by molar-refractivity contribution is 6.32. The summed E-state index contributed by atoms with van der Waals surface area (Å²) in [4.78, 5) is 8.51. The molecular formula is C12H12ClN3O2. The summed E-state index contributed by atoms with van der Waals surface area (Å²) < 4.78 is 13.3. The molecule has 0 unspecified atom stereocenters. The van der Waals surface area contributed by atoms with Gasteiger partial charge in [-0.25, -0.2) is 9.97 Å². The number of nitrogens with zero attached hydrogens (tertiary/aromatic N) is 3. The predicted molar refractivity (Wildman–Crippen MR) is 64.6 cm³/mol. The molecule has 18 heavy (non-hydrogen) atoms. The second-order valence-electron chi connectivity index (χ2n) is 4.80. The van der Waals surface area contributed by atoms with E-state index in [0.717, 1.165) is 24.2 Å². The van der Waals surface area contributed by atoms with Crippen LogP contribution in [-0.4, -0.2) is 33.4 Å². The highest BCUT2D eigenvalue weighted by Crippen LogP contribution is 2.49. The SMILES string of the molecule is Clc1nccn2c(C3CC4(C3)OCCO4)ncc12. The van der Waals surface area contributed by atoms with Crippen molar-refractivity contribution in [3.8, 4) is 0 Å². The number of halogens is 1. The molecule has 2 fully saturated rings. The molecule has 1 aliphatic heterocycles. The van der Waals surface area contributed by atoms with Gasteiger partial charge in [0.2, 0.25) is 0 Å². The van der Waals surface area contributed by atoms with Gasteiger partial charge in [-0.15, -0.1) is 0 Å². The summed E-state index contributed by atoms with van der Waals surface area (Å²) in [5.74, 6) is 1.04. The lowest BCUT2D eigenvalue weighted by atomic mass is 9.78. The summed E-state index contributed by atoms with van der Waals surface area (Å²) in [6.45, 7) is 1.40. The fourth-order valence-electron chi connectivity index (χ4n) is 2.82. The fourth-order valence-corrected chi connectivity index (χ4v) is 3.02. The molecule has 4 rings (SSSR count). The van der Waals surface area contributed by atoms with Gasteiger partial charge < -0.3 is 9.47 Å². The molecule has 3 heterocycles. The highest BCUT2D eigenvalue weighted by atomic mass is 35.5. The number of imidazole rings is 1. The lowest BCUT2D eigenvalue weighted by Crippen LogP contribution is -2.44. The zero-order valence-corrected chi connectivity index (χ0v) is 10.4. The van der Waals surface area contributed by atoms with Gasteiger partial charge in [0.15, 0.2) is 10.9 Å². The van der Waals surface area contributed by atoms with Gasteiger partial charge in [-0.2, -0.15) is 0 Å². The average Bonchev–Trinajstić information content (AvgIpc) is 2.93. The first-order valence-electron chi connectivity index (χ1n) is 6.03. The molecule has 5 nitrogen and oxygen atoms in total. The van der Waals surface area contributed by atoms with E-state index < -0.39 is 0 Å². The number of hydrogen-bond donors (Lipinski definition) is 0. The molecule has 0 bridgehead atoms. The van der Waals surface area contributed by atoms with Crippen molar-refractivity contribution in [3.63, 3.8) is 0 Å². The largest absolute Gasteiger partial charge is 0.347 e. The Labute approximate surface area is 109 Å². The van der Waals surface area contributed by atoms with Crippen molar-refractivity contribution >= 4 is 17.1 Å². The van der Waals surface area contributed by atoms with Crippen LogP contribution in [0.4, 0.5) is 0 Å². The molecule has 0 aromatic carbocycles. The Morgan fingerprint density at radius 3 is 2.83 bits per heavy atom. The summed E-state index contributed by atoms with van der Waals surface area (Å²) in [5.41, 5.74) is 0.850. The lowest BCUT2D eigenvalue weighted by molar-refractivity contribution is -0.216. The summed E-state index contributed by atoms with van der Waals surface area (Å²) in [6.07, 6.45) is 7.09. The summed E-state index contributed by atoms with van der Waals surface area (Å²) in [6, 6.07) is 0. The minimum atomic E-state index is -0.340. The van der Waals surface area contributed by atoms with E-state index in [9.17, 15) is 0 Å². The van der Waals surface area contributed by atoms with Crippen LogP contribution in [0.25, 0.3) is 5.52 Å². The number of fused-ring (bicyclic) bond motifs is 1. The second kappa shape index (κ2) is 3.66. The van der Waals surface area contributed by atoms with Gasteiger partial charge in [-0.3, -0.25) is 4.40 Å². The van der Waals surface area contributed by atoms with E-state index in [1.807, 2.05) is 10.6 Å². The van der Waals surface area contributed by atoms with Crippen LogP contribution in [0.3, 0.4) is 0 Å². The molecule has 2 aromatic rings. The van der Waals surface area contributed by atoms with Crippen molar-refractivity contribution in [2.45, 2.75) is 24.5 Å². The molecular weight excluding hydrogens is 254 g/mol. The first kappa shape index (κ1) is 10.7. The second-order valence-corrected chi connectivity index (χ2v) is 5.16. The van der Waals surface area contributed by atoms with Crippen LogP contribution in [0.15, 0.2) is 18.6 Å². The monoisotopic (exact) mass is 265 g/mol. The number of ether oxygens (including phenoxy) is 2. The van der Waals surface area contributed by atoms with Crippen molar-refractivity contribution < 1.29 is 9.47 Å². The Morgan fingerprint density at radius 1 is 1.28 bits per heavy atom. The van der Waals surface area contributed by atoms with Crippen LogP contribution in [0, 0.1) is 0 Å². The van der Waals surface area contributed by atoms with E-state index in [-0.39, 0.29) is 5.79 Å². The Morgan fingerprint density at radius 2 is 2.06 bits per heavy atom. The van der Waals surface area contributed by atoms with E-state index in [1.54, 1.807) is 12.4 Å². The molecule has 6 heteroatoms. The third-order valence-electron chi connectivity index (χ3n) is 3.73. The van der Waals surface area contributed by atoms with Crippen molar-refractivity contribution in [1.82, 2.24) is 14.4 Å². The zero-order valence-electron chi connectivity index (χ0n) is 9.67. The van der Waals surface area contributed by atoms with Gasteiger partial charge in [-0.05, 0) is 0 Å². The number of rotatable bonds is 1. The van der Waals surface area contributed by atoms with Gasteiger partial charge in [0.25, 0.3) is 0 Å². The molecule has 2 aliphatic rings. The Kier molecular flexibility index (Phi) is 2.18. The average molecular weight is 266 g/mol. The molecule has 1 spiro atoms. The van der Waals surface area contributed by atoms with E-state index in [2.05, 4.69) is 9.97 Å². The van der Waals surface area contributed by atoms with Gasteiger partial charge >= 0.3 is 0 Å². The maximum atomic E-state index is 6.04. The first-order valence-corrected chi connectivity index (χ1v) is 6.41. The number of aromatic nitrogens is 3. The van der Waals surface area contributed by atoms with E-state index in [4.69, 9.17) is 21.1 Å².